The number of aromatic amines is 1. The van der Waals surface area contributed by atoms with Crippen molar-refractivity contribution in [3.63, 3.8) is 0 Å². The summed E-state index contributed by atoms with van der Waals surface area (Å²) < 4.78 is 0. The summed E-state index contributed by atoms with van der Waals surface area (Å²) in [5, 5.41) is 9.70. The normalized spacial score (nSPS) is 11.5. The maximum Gasteiger partial charge on any atom is 0.245 e. The number of H-pyrrole nitrogens is 1. The third kappa shape index (κ3) is 3.30. The van der Waals surface area contributed by atoms with Crippen LogP contribution in [-0.4, -0.2) is 21.6 Å². The van der Waals surface area contributed by atoms with Gasteiger partial charge in [-0.3, -0.25) is 9.89 Å². The Morgan fingerprint density at radius 3 is 2.65 bits per heavy atom. The average molecular weight is 238 g/mol. The van der Waals surface area contributed by atoms with Crippen LogP contribution in [0, 0.1) is 0 Å². The fourth-order valence-electron chi connectivity index (χ4n) is 1.63. The van der Waals surface area contributed by atoms with Gasteiger partial charge < -0.3 is 11.1 Å². The molecule has 0 aliphatic rings. The van der Waals surface area contributed by atoms with Crippen LogP contribution < -0.4 is 11.1 Å². The van der Waals surface area contributed by atoms with Gasteiger partial charge in [0.15, 0.2) is 5.82 Å². The van der Waals surface area contributed by atoms with Crippen LogP contribution in [0.2, 0.25) is 0 Å². The number of nitrogens with two attached hydrogens (primary N) is 1. The number of nitrogens with zero attached hydrogens (tertiary/aromatic N) is 1. The molecule has 0 saturated carbocycles. The minimum absolute atomic E-state index is 0.169. The summed E-state index contributed by atoms with van der Waals surface area (Å²) in [5.41, 5.74) is 6.23. The third-order valence-corrected chi connectivity index (χ3v) is 3.11. The average Bonchev–Trinajstić information content (AvgIpc) is 2.76. The summed E-state index contributed by atoms with van der Waals surface area (Å²) >= 11 is 0. The Labute approximate surface area is 102 Å². The predicted molar refractivity (Wildman–Crippen MR) is 68.7 cm³/mol. The van der Waals surface area contributed by atoms with Gasteiger partial charge in [0.2, 0.25) is 5.91 Å². The van der Waals surface area contributed by atoms with Gasteiger partial charge in [-0.25, -0.2) is 0 Å². The number of carbonyl (C=O) groups is 1. The van der Waals surface area contributed by atoms with Crippen LogP contribution in [0.1, 0.15) is 45.7 Å². The zero-order valence-corrected chi connectivity index (χ0v) is 10.8. The van der Waals surface area contributed by atoms with Gasteiger partial charge in [0, 0.05) is 11.8 Å². The van der Waals surface area contributed by atoms with Gasteiger partial charge in [0.25, 0.3) is 0 Å². The molecule has 0 saturated heterocycles. The number of hydrogen-bond donors (Lipinski definition) is 3. The van der Waals surface area contributed by atoms with Gasteiger partial charge >= 0.3 is 0 Å². The van der Waals surface area contributed by atoms with Crippen LogP contribution >= 0.6 is 0 Å². The maximum absolute atomic E-state index is 12.0. The van der Waals surface area contributed by atoms with Crippen molar-refractivity contribution in [3.05, 3.63) is 11.8 Å². The number of rotatable bonds is 6. The highest BCUT2D eigenvalue weighted by molar-refractivity contribution is 5.97. The molecule has 0 fully saturated rings. The van der Waals surface area contributed by atoms with E-state index in [1.54, 1.807) is 0 Å². The molecule has 1 heterocycles. The second-order valence-corrected chi connectivity index (χ2v) is 4.35. The minimum Gasteiger partial charge on any atom is -0.317 e. The summed E-state index contributed by atoms with van der Waals surface area (Å²) in [6, 6.07) is 1.85. The first-order valence-electron chi connectivity index (χ1n) is 6.20. The van der Waals surface area contributed by atoms with Crippen molar-refractivity contribution in [3.8, 4) is 0 Å². The van der Waals surface area contributed by atoms with E-state index in [0.717, 1.165) is 18.5 Å². The SMILES string of the molecule is CCCc1cc(NC(=O)C(N)(CC)CC)n[nH]1. The fourth-order valence-corrected chi connectivity index (χ4v) is 1.63. The Morgan fingerprint density at radius 1 is 1.47 bits per heavy atom. The minimum atomic E-state index is -0.802. The standard InChI is InChI=1S/C12H22N4O/c1-4-7-9-8-10(16-15-9)14-11(17)12(13,5-2)6-3/h8H,4-7,13H2,1-3H3,(H2,14,15,16,17). The summed E-state index contributed by atoms with van der Waals surface area (Å²) in [7, 11) is 0. The van der Waals surface area contributed by atoms with Crippen LogP contribution in [0.3, 0.4) is 0 Å². The molecule has 0 aromatic carbocycles. The summed E-state index contributed by atoms with van der Waals surface area (Å²) in [5.74, 6) is 0.382. The Balaban J connectivity index is 2.67. The Morgan fingerprint density at radius 2 is 2.12 bits per heavy atom. The van der Waals surface area contributed by atoms with Gasteiger partial charge in [-0.1, -0.05) is 27.2 Å². The van der Waals surface area contributed by atoms with E-state index in [9.17, 15) is 4.79 Å². The number of aryl methyl sites for hydroxylation is 1. The lowest BCUT2D eigenvalue weighted by Crippen LogP contribution is -2.50. The lowest BCUT2D eigenvalue weighted by Gasteiger charge is -2.24. The first kappa shape index (κ1) is 13.7. The first-order valence-corrected chi connectivity index (χ1v) is 6.20. The zero-order valence-electron chi connectivity index (χ0n) is 10.8. The molecule has 0 atom stereocenters. The highest BCUT2D eigenvalue weighted by Crippen LogP contribution is 2.15. The molecule has 5 heteroatoms. The summed E-state index contributed by atoms with van der Waals surface area (Å²) in [6.07, 6.45) is 3.20. The first-order chi connectivity index (χ1) is 8.05. The van der Waals surface area contributed by atoms with Gasteiger partial charge in [-0.2, -0.15) is 5.10 Å². The maximum atomic E-state index is 12.0. The van der Waals surface area contributed by atoms with Gasteiger partial charge in [0.1, 0.15) is 0 Å². The molecule has 17 heavy (non-hydrogen) atoms. The Kier molecular flexibility index (Phi) is 4.69. The van der Waals surface area contributed by atoms with E-state index < -0.39 is 5.54 Å². The molecule has 1 aromatic heterocycles. The van der Waals surface area contributed by atoms with E-state index in [0.29, 0.717) is 18.7 Å². The summed E-state index contributed by atoms with van der Waals surface area (Å²) in [6.45, 7) is 5.92. The number of anilines is 1. The molecule has 1 rings (SSSR count). The molecule has 0 spiro atoms. The molecule has 0 unspecified atom stereocenters. The van der Waals surface area contributed by atoms with Crippen LogP contribution in [0.25, 0.3) is 0 Å². The van der Waals surface area contributed by atoms with Crippen LogP contribution in [0.5, 0.6) is 0 Å². The lowest BCUT2D eigenvalue weighted by molar-refractivity contribution is -0.121. The van der Waals surface area contributed by atoms with Crippen molar-refractivity contribution in [1.29, 1.82) is 0 Å². The highest BCUT2D eigenvalue weighted by atomic mass is 16.2. The molecule has 96 valence electrons. The van der Waals surface area contributed by atoms with Crippen LogP contribution in [0.4, 0.5) is 5.82 Å². The molecule has 0 aliphatic carbocycles. The number of nitrogens with one attached hydrogen (secondary N) is 2. The molecule has 5 nitrogen and oxygen atoms in total. The zero-order chi connectivity index (χ0) is 12.9. The van der Waals surface area contributed by atoms with Crippen molar-refractivity contribution < 1.29 is 4.79 Å². The monoisotopic (exact) mass is 238 g/mol. The van der Waals surface area contributed by atoms with E-state index in [4.69, 9.17) is 5.73 Å². The van der Waals surface area contributed by atoms with E-state index in [1.165, 1.54) is 0 Å². The number of carbonyl (C=O) groups excluding carboxylic acids is 1. The summed E-state index contributed by atoms with van der Waals surface area (Å²) in [4.78, 5) is 12.0. The van der Waals surface area contributed by atoms with Crippen molar-refractivity contribution in [1.82, 2.24) is 10.2 Å². The topological polar surface area (TPSA) is 83.8 Å². The van der Waals surface area contributed by atoms with Crippen molar-refractivity contribution >= 4 is 11.7 Å². The van der Waals surface area contributed by atoms with Gasteiger partial charge in [0.05, 0.1) is 5.54 Å². The van der Waals surface area contributed by atoms with Crippen molar-refractivity contribution in [2.24, 2.45) is 5.73 Å². The predicted octanol–water partition coefficient (Wildman–Crippen LogP) is 1.82. The largest absolute Gasteiger partial charge is 0.317 e. The second-order valence-electron chi connectivity index (χ2n) is 4.35. The fraction of sp³-hybridized carbons (Fsp3) is 0.667. The van der Waals surface area contributed by atoms with Crippen LogP contribution in [-0.2, 0) is 11.2 Å². The van der Waals surface area contributed by atoms with E-state index in [2.05, 4.69) is 22.4 Å². The number of amides is 1. The van der Waals surface area contributed by atoms with E-state index in [-0.39, 0.29) is 5.91 Å². The quantitative estimate of drug-likeness (QED) is 0.706. The van der Waals surface area contributed by atoms with Gasteiger partial charge in [-0.15, -0.1) is 0 Å². The molecule has 0 aliphatic heterocycles. The van der Waals surface area contributed by atoms with Crippen molar-refractivity contribution in [2.75, 3.05) is 5.32 Å². The Hall–Kier alpha value is -1.36. The molecular weight excluding hydrogens is 216 g/mol. The van der Waals surface area contributed by atoms with Gasteiger partial charge in [-0.05, 0) is 19.3 Å². The van der Waals surface area contributed by atoms with E-state index >= 15 is 0 Å². The number of hydrogen-bond acceptors (Lipinski definition) is 3. The molecule has 1 amide bonds. The molecular formula is C12H22N4O. The highest BCUT2D eigenvalue weighted by Gasteiger charge is 2.30. The lowest BCUT2D eigenvalue weighted by atomic mass is 9.93. The van der Waals surface area contributed by atoms with Crippen molar-refractivity contribution in [2.45, 2.75) is 52.0 Å². The Bertz CT molecular complexity index is 368. The molecule has 4 N–H and O–H groups in total. The third-order valence-electron chi connectivity index (χ3n) is 3.11. The second kappa shape index (κ2) is 5.82. The molecule has 0 bridgehead atoms. The molecule has 0 radical (unpaired) electrons. The number of aromatic nitrogens is 2. The van der Waals surface area contributed by atoms with E-state index in [1.807, 2.05) is 19.9 Å². The molecule has 1 aromatic rings. The smallest absolute Gasteiger partial charge is 0.245 e. The van der Waals surface area contributed by atoms with Crippen LogP contribution in [0.15, 0.2) is 6.07 Å².